The van der Waals surface area contributed by atoms with Crippen LogP contribution >= 0.6 is 0 Å². The third-order valence-corrected chi connectivity index (χ3v) is 3.20. The predicted molar refractivity (Wildman–Crippen MR) is 74.3 cm³/mol. The molecule has 1 N–H and O–H groups in total. The van der Waals surface area contributed by atoms with E-state index in [4.69, 9.17) is 0 Å². The van der Waals surface area contributed by atoms with Crippen LogP contribution in [0.3, 0.4) is 0 Å². The zero-order chi connectivity index (χ0) is 13.0. The van der Waals surface area contributed by atoms with Crippen LogP contribution in [0.25, 0.3) is 11.1 Å². The minimum Gasteiger partial charge on any atom is -0.388 e. The van der Waals surface area contributed by atoms with Gasteiger partial charge in [0.05, 0.1) is 6.10 Å². The van der Waals surface area contributed by atoms with Crippen molar-refractivity contribution >= 4 is 0 Å². The summed E-state index contributed by atoms with van der Waals surface area (Å²) in [6.07, 6.45) is 3.25. The van der Waals surface area contributed by atoms with E-state index in [1.165, 1.54) is 0 Å². The Morgan fingerprint density at radius 3 is 2.17 bits per heavy atom. The first-order valence-corrected chi connectivity index (χ1v) is 6.48. The number of hydrogen-bond acceptors (Lipinski definition) is 2. The van der Waals surface area contributed by atoms with E-state index in [0.29, 0.717) is 0 Å². The highest BCUT2D eigenvalue weighted by atomic mass is 16.3. The van der Waals surface area contributed by atoms with Crippen molar-refractivity contribution in [3.63, 3.8) is 0 Å². The fourth-order valence-electron chi connectivity index (χ4n) is 1.94. The van der Waals surface area contributed by atoms with Crippen LogP contribution in [0.15, 0.2) is 42.6 Å². The Kier molecular flexibility index (Phi) is 4.11. The molecular weight excluding hydrogens is 222 g/mol. The first-order valence-electron chi connectivity index (χ1n) is 6.48. The topological polar surface area (TPSA) is 33.1 Å². The summed E-state index contributed by atoms with van der Waals surface area (Å²) in [7, 11) is 0. The quantitative estimate of drug-likeness (QED) is 0.884. The molecule has 0 amide bonds. The molecule has 0 spiro atoms. The van der Waals surface area contributed by atoms with Crippen LogP contribution in [0.5, 0.6) is 0 Å². The highest BCUT2D eigenvalue weighted by molar-refractivity contribution is 5.62. The number of aliphatic hydroxyl groups is 1. The number of aliphatic hydroxyl groups excluding tert-OH is 1. The van der Waals surface area contributed by atoms with E-state index in [9.17, 15) is 5.11 Å². The highest BCUT2D eigenvalue weighted by Crippen LogP contribution is 2.22. The molecule has 0 saturated carbocycles. The van der Waals surface area contributed by atoms with Gasteiger partial charge in [-0.05, 0) is 30.0 Å². The summed E-state index contributed by atoms with van der Waals surface area (Å²) in [5, 5.41) is 9.75. The van der Waals surface area contributed by atoms with Crippen LogP contribution in [-0.2, 0) is 6.42 Å². The standard InChI is InChI=1S/C16H19NO/c1-3-15-10-9-14(11-17-15)12-5-7-13(8-6-12)16(18)4-2/h5-11,16,18H,3-4H2,1-2H3. The Morgan fingerprint density at radius 2 is 1.67 bits per heavy atom. The number of benzene rings is 1. The van der Waals surface area contributed by atoms with Gasteiger partial charge in [0.2, 0.25) is 0 Å². The molecule has 0 fully saturated rings. The molecule has 94 valence electrons. The number of aryl methyl sites for hydroxylation is 1. The Labute approximate surface area is 108 Å². The first-order chi connectivity index (χ1) is 8.74. The molecule has 0 radical (unpaired) electrons. The van der Waals surface area contributed by atoms with Crippen molar-refractivity contribution in [1.82, 2.24) is 4.98 Å². The lowest BCUT2D eigenvalue weighted by Crippen LogP contribution is -1.94. The number of rotatable bonds is 4. The Bertz CT molecular complexity index is 488. The van der Waals surface area contributed by atoms with Gasteiger partial charge in [-0.25, -0.2) is 0 Å². The lowest BCUT2D eigenvalue weighted by Gasteiger charge is -2.09. The van der Waals surface area contributed by atoms with Crippen molar-refractivity contribution in [2.24, 2.45) is 0 Å². The van der Waals surface area contributed by atoms with E-state index in [0.717, 1.165) is 35.2 Å². The fourth-order valence-corrected chi connectivity index (χ4v) is 1.94. The maximum atomic E-state index is 9.75. The number of aromatic nitrogens is 1. The third-order valence-electron chi connectivity index (χ3n) is 3.20. The average Bonchev–Trinajstić information content (AvgIpc) is 2.47. The van der Waals surface area contributed by atoms with Crippen LogP contribution in [0.4, 0.5) is 0 Å². The molecule has 2 nitrogen and oxygen atoms in total. The second-order valence-corrected chi connectivity index (χ2v) is 4.44. The largest absolute Gasteiger partial charge is 0.388 e. The summed E-state index contributed by atoms with van der Waals surface area (Å²) in [5.41, 5.74) is 4.33. The third kappa shape index (κ3) is 2.77. The molecule has 0 aliphatic heterocycles. The summed E-state index contributed by atoms with van der Waals surface area (Å²) in [6, 6.07) is 12.2. The molecule has 2 aromatic rings. The molecule has 1 atom stereocenters. The molecule has 2 heteroatoms. The van der Waals surface area contributed by atoms with E-state index in [1.54, 1.807) is 0 Å². The molecular formula is C16H19NO. The number of hydrogen-bond donors (Lipinski definition) is 1. The van der Waals surface area contributed by atoms with E-state index >= 15 is 0 Å². The normalized spacial score (nSPS) is 12.4. The van der Waals surface area contributed by atoms with Crippen molar-refractivity contribution in [3.8, 4) is 11.1 Å². The molecule has 2 rings (SSSR count). The zero-order valence-corrected chi connectivity index (χ0v) is 10.9. The molecule has 0 bridgehead atoms. The molecule has 0 aliphatic carbocycles. The van der Waals surface area contributed by atoms with Crippen LogP contribution in [0.1, 0.15) is 37.6 Å². The lowest BCUT2D eigenvalue weighted by molar-refractivity contribution is 0.173. The van der Waals surface area contributed by atoms with Gasteiger partial charge in [-0.1, -0.05) is 44.2 Å². The van der Waals surface area contributed by atoms with E-state index < -0.39 is 0 Å². The molecule has 1 aromatic heterocycles. The first kappa shape index (κ1) is 12.8. The Balaban J connectivity index is 2.22. The van der Waals surface area contributed by atoms with Crippen molar-refractivity contribution in [2.75, 3.05) is 0 Å². The molecule has 0 aliphatic rings. The summed E-state index contributed by atoms with van der Waals surface area (Å²) >= 11 is 0. The summed E-state index contributed by atoms with van der Waals surface area (Å²) in [4.78, 5) is 4.40. The van der Waals surface area contributed by atoms with Gasteiger partial charge < -0.3 is 5.11 Å². The van der Waals surface area contributed by atoms with Crippen molar-refractivity contribution in [1.29, 1.82) is 0 Å². The maximum Gasteiger partial charge on any atom is 0.0787 e. The van der Waals surface area contributed by atoms with Crippen LogP contribution < -0.4 is 0 Å². The van der Waals surface area contributed by atoms with E-state index in [-0.39, 0.29) is 6.10 Å². The van der Waals surface area contributed by atoms with E-state index in [1.807, 2.05) is 37.4 Å². The second kappa shape index (κ2) is 5.78. The van der Waals surface area contributed by atoms with Gasteiger partial charge in [0, 0.05) is 17.5 Å². The monoisotopic (exact) mass is 241 g/mol. The average molecular weight is 241 g/mol. The van der Waals surface area contributed by atoms with Crippen LogP contribution in [0.2, 0.25) is 0 Å². The van der Waals surface area contributed by atoms with Crippen LogP contribution in [0, 0.1) is 0 Å². The summed E-state index contributed by atoms with van der Waals surface area (Å²) < 4.78 is 0. The Morgan fingerprint density at radius 1 is 1.00 bits per heavy atom. The molecule has 18 heavy (non-hydrogen) atoms. The van der Waals surface area contributed by atoms with Gasteiger partial charge in [-0.15, -0.1) is 0 Å². The summed E-state index contributed by atoms with van der Waals surface area (Å²) in [5.74, 6) is 0. The molecule has 0 saturated heterocycles. The molecule has 1 heterocycles. The predicted octanol–water partition coefficient (Wildman–Crippen LogP) is 3.75. The zero-order valence-electron chi connectivity index (χ0n) is 10.9. The van der Waals surface area contributed by atoms with Crippen molar-refractivity contribution in [2.45, 2.75) is 32.8 Å². The van der Waals surface area contributed by atoms with Gasteiger partial charge >= 0.3 is 0 Å². The molecule has 1 unspecified atom stereocenters. The van der Waals surface area contributed by atoms with Gasteiger partial charge in [-0.2, -0.15) is 0 Å². The van der Waals surface area contributed by atoms with E-state index in [2.05, 4.69) is 24.0 Å². The minimum absolute atomic E-state index is 0.361. The minimum atomic E-state index is -0.361. The van der Waals surface area contributed by atoms with Gasteiger partial charge in [0.25, 0.3) is 0 Å². The van der Waals surface area contributed by atoms with Crippen molar-refractivity contribution in [3.05, 3.63) is 53.9 Å². The maximum absolute atomic E-state index is 9.75. The second-order valence-electron chi connectivity index (χ2n) is 4.44. The highest BCUT2D eigenvalue weighted by Gasteiger charge is 2.05. The van der Waals surface area contributed by atoms with Gasteiger partial charge in [-0.3, -0.25) is 4.98 Å². The smallest absolute Gasteiger partial charge is 0.0787 e. The Hall–Kier alpha value is -1.67. The SMILES string of the molecule is CCc1ccc(-c2ccc(C(O)CC)cc2)cn1. The van der Waals surface area contributed by atoms with Crippen LogP contribution in [-0.4, -0.2) is 10.1 Å². The summed E-state index contributed by atoms with van der Waals surface area (Å²) in [6.45, 7) is 4.08. The lowest BCUT2D eigenvalue weighted by atomic mass is 10.0. The van der Waals surface area contributed by atoms with Gasteiger partial charge in [0.1, 0.15) is 0 Å². The van der Waals surface area contributed by atoms with Gasteiger partial charge in [0.15, 0.2) is 0 Å². The number of pyridine rings is 1. The number of nitrogens with zero attached hydrogens (tertiary/aromatic N) is 1. The van der Waals surface area contributed by atoms with Crippen molar-refractivity contribution < 1.29 is 5.11 Å². The fraction of sp³-hybridized carbons (Fsp3) is 0.312. The molecule has 1 aromatic carbocycles.